The number of hydrogen-bond donors (Lipinski definition) is 2. The fraction of sp³-hybridized carbons (Fsp3) is 0.818. The van der Waals surface area contributed by atoms with Crippen molar-refractivity contribution in [2.24, 2.45) is 0 Å². The van der Waals surface area contributed by atoms with Crippen LogP contribution >= 0.6 is 0 Å². The van der Waals surface area contributed by atoms with E-state index in [1.54, 1.807) is 0 Å². The zero-order chi connectivity index (χ0) is 13.8. The number of carbonyl (C=O) groups is 2. The molecule has 0 aromatic rings. The van der Waals surface area contributed by atoms with Gasteiger partial charge in [-0.2, -0.15) is 0 Å². The summed E-state index contributed by atoms with van der Waals surface area (Å²) in [6.07, 6.45) is 3.22. The van der Waals surface area contributed by atoms with Gasteiger partial charge in [-0.3, -0.25) is 0 Å². The van der Waals surface area contributed by atoms with Crippen LogP contribution in [0.1, 0.15) is 46.0 Å². The average molecular weight is 381 g/mol. The summed E-state index contributed by atoms with van der Waals surface area (Å²) in [6, 6.07) is 0. The van der Waals surface area contributed by atoms with Gasteiger partial charge in [0.05, 0.1) is 0 Å². The zero-order valence-electron chi connectivity index (χ0n) is 11.1. The van der Waals surface area contributed by atoms with Crippen molar-refractivity contribution >= 4 is 44.2 Å². The molecule has 1 unspecified atom stereocenters. The maximum atomic E-state index is 11.4. The second-order valence-electron chi connectivity index (χ2n) is 3.90. The third-order valence-electron chi connectivity index (χ3n) is 2.04. The number of carbonyl (C=O) groups excluding carboxylic acids is 2. The van der Waals surface area contributed by atoms with E-state index in [1.165, 1.54) is 0 Å². The van der Waals surface area contributed by atoms with Crippen LogP contribution in [0.25, 0.3) is 0 Å². The van der Waals surface area contributed by atoms with Gasteiger partial charge in [0, 0.05) is 0 Å². The van der Waals surface area contributed by atoms with E-state index in [1.807, 2.05) is 6.92 Å². The summed E-state index contributed by atoms with van der Waals surface area (Å²) in [5.41, 5.74) is 0. The standard InChI is InChI=1S/C8H16N2O3S.C3H7.Sn/c1-2-4-8(12)10-14(13)6-3-5-7(9)11;1-3-2;/h2-6H2,1H3,(H3,9,10,11,12);1,3H2,2H3;/q;;+1/p-1. The molecule has 1 atom stereocenters. The molecule has 0 fully saturated rings. The second kappa shape index (κ2) is 12.0. The van der Waals surface area contributed by atoms with Gasteiger partial charge < -0.3 is 0 Å². The van der Waals surface area contributed by atoms with E-state index in [4.69, 9.17) is 0 Å². The van der Waals surface area contributed by atoms with Crippen molar-refractivity contribution in [3.63, 3.8) is 0 Å². The van der Waals surface area contributed by atoms with Crippen molar-refractivity contribution in [3.8, 4) is 0 Å². The fourth-order valence-electron chi connectivity index (χ4n) is 1.17. The first-order valence-electron chi connectivity index (χ1n) is 6.29. The van der Waals surface area contributed by atoms with Gasteiger partial charge in [-0.05, 0) is 0 Å². The van der Waals surface area contributed by atoms with Crippen LogP contribution < -0.4 is 8.26 Å². The Morgan fingerprint density at radius 1 is 1.11 bits per heavy atom. The van der Waals surface area contributed by atoms with Crippen LogP contribution in [0.5, 0.6) is 0 Å². The molecule has 18 heavy (non-hydrogen) atoms. The molecular formula is C11H22N2O3SSn. The Labute approximate surface area is 122 Å². The first-order chi connectivity index (χ1) is 8.60. The van der Waals surface area contributed by atoms with Crippen LogP contribution in [0.3, 0.4) is 0 Å². The van der Waals surface area contributed by atoms with Gasteiger partial charge in [0.1, 0.15) is 0 Å². The molecular weight excluding hydrogens is 359 g/mol. The molecule has 2 radical (unpaired) electrons. The Morgan fingerprint density at radius 2 is 1.83 bits per heavy atom. The summed E-state index contributed by atoms with van der Waals surface area (Å²) in [6.45, 7) is 4.00. The second-order valence-corrected chi connectivity index (χ2v) is 8.36. The monoisotopic (exact) mass is 382 g/mol. The van der Waals surface area contributed by atoms with Crippen LogP contribution in [0.4, 0.5) is 0 Å². The van der Waals surface area contributed by atoms with Gasteiger partial charge in [-0.25, -0.2) is 0 Å². The summed E-state index contributed by atoms with van der Waals surface area (Å²) in [5.74, 6) is 0.228. The molecule has 0 saturated heterocycles. The van der Waals surface area contributed by atoms with Crippen LogP contribution in [-0.2, 0) is 20.6 Å². The van der Waals surface area contributed by atoms with E-state index >= 15 is 0 Å². The summed E-state index contributed by atoms with van der Waals surface area (Å²) in [5, 5.41) is 0. The van der Waals surface area contributed by atoms with Crippen molar-refractivity contribution in [2.45, 2.75) is 50.4 Å². The normalized spacial score (nSPS) is 11.9. The molecule has 0 aromatic carbocycles. The first-order valence-corrected chi connectivity index (χ1v) is 11.1. The minimum absolute atomic E-state index is 0.0620. The van der Waals surface area contributed by atoms with E-state index < -0.39 is 32.4 Å². The third kappa shape index (κ3) is 11.0. The number of hydrogen-bond acceptors (Lipinski definition) is 3. The molecule has 0 aromatic heterocycles. The first kappa shape index (κ1) is 17.9. The predicted molar refractivity (Wildman–Crippen MR) is 74.3 cm³/mol. The van der Waals surface area contributed by atoms with Crippen LogP contribution in [0.15, 0.2) is 0 Å². The van der Waals surface area contributed by atoms with Crippen LogP contribution in [-0.4, -0.2) is 43.2 Å². The minimum atomic E-state index is -1.34. The molecule has 0 aliphatic heterocycles. The van der Waals surface area contributed by atoms with Crippen LogP contribution in [0.2, 0.25) is 4.44 Å². The Balaban J connectivity index is 3.55. The molecule has 7 heteroatoms. The summed E-state index contributed by atoms with van der Waals surface area (Å²) >= 11 is -0.712. The van der Waals surface area contributed by atoms with Crippen molar-refractivity contribution in [2.75, 3.05) is 5.75 Å². The fourth-order valence-corrected chi connectivity index (χ4v) is 4.02. The van der Waals surface area contributed by atoms with Crippen molar-refractivity contribution in [1.82, 2.24) is 8.26 Å². The molecule has 0 saturated carbocycles. The van der Waals surface area contributed by atoms with Gasteiger partial charge >= 0.3 is 122 Å². The quantitative estimate of drug-likeness (QED) is 0.437. The number of amides is 2. The van der Waals surface area contributed by atoms with Gasteiger partial charge in [0.15, 0.2) is 0 Å². The van der Waals surface area contributed by atoms with Crippen molar-refractivity contribution in [3.05, 3.63) is 0 Å². The molecule has 0 aliphatic rings. The molecule has 2 N–H and O–H groups in total. The van der Waals surface area contributed by atoms with Crippen LogP contribution in [0, 0.1) is 0 Å². The predicted octanol–water partition coefficient (Wildman–Crippen LogP) is 0.910. The van der Waals surface area contributed by atoms with Gasteiger partial charge in [-0.1, -0.05) is 0 Å². The molecule has 0 rings (SSSR count). The summed E-state index contributed by atoms with van der Waals surface area (Å²) in [4.78, 5) is 22.5. The van der Waals surface area contributed by atoms with Gasteiger partial charge in [0.25, 0.3) is 0 Å². The summed E-state index contributed by atoms with van der Waals surface area (Å²) < 4.78 is 18.0. The van der Waals surface area contributed by atoms with Crippen molar-refractivity contribution in [1.29, 1.82) is 0 Å². The Bertz CT molecular complexity index is 287. The van der Waals surface area contributed by atoms with E-state index in [0.29, 0.717) is 25.0 Å². The number of nitrogens with one attached hydrogen (secondary N) is 2. The Kier molecular flexibility index (Phi) is 11.9. The molecule has 104 valence electrons. The molecule has 0 heterocycles. The van der Waals surface area contributed by atoms with E-state index in [2.05, 4.69) is 15.2 Å². The topological polar surface area (TPSA) is 75.3 Å². The maximum absolute atomic E-state index is 11.4. The van der Waals surface area contributed by atoms with E-state index in [9.17, 15) is 13.8 Å². The molecule has 5 nitrogen and oxygen atoms in total. The number of rotatable bonds is 10. The Hall–Kier alpha value is -0.111. The molecule has 0 bridgehead atoms. The Morgan fingerprint density at radius 3 is 2.44 bits per heavy atom. The molecule has 0 spiro atoms. The molecule has 2 amide bonds. The zero-order valence-corrected chi connectivity index (χ0v) is 14.8. The van der Waals surface area contributed by atoms with E-state index in [0.717, 1.165) is 17.3 Å². The van der Waals surface area contributed by atoms with Gasteiger partial charge in [-0.15, -0.1) is 0 Å². The average Bonchev–Trinajstić information content (AvgIpc) is 2.29. The van der Waals surface area contributed by atoms with Crippen molar-refractivity contribution < 1.29 is 13.8 Å². The summed E-state index contributed by atoms with van der Waals surface area (Å²) in [7, 11) is -1.34. The SMILES string of the molecule is CC[CH2][Sn][NH]C(=O)CCCS(=O)NC(=O)CCC. The van der Waals surface area contributed by atoms with E-state index in [-0.39, 0.29) is 11.8 Å². The molecule has 0 aliphatic carbocycles. The van der Waals surface area contributed by atoms with Gasteiger partial charge in [0.2, 0.25) is 0 Å². The third-order valence-corrected chi connectivity index (χ3v) is 6.60.